The Hall–Kier alpha value is -3.47. The molecule has 1 amide bonds. The molecule has 134 valence electrons. The highest BCUT2D eigenvalue weighted by molar-refractivity contribution is 5.95. The normalized spacial score (nSPS) is 10.8. The van der Waals surface area contributed by atoms with E-state index in [-0.39, 0.29) is 5.91 Å². The van der Waals surface area contributed by atoms with Crippen molar-refractivity contribution in [1.82, 2.24) is 14.8 Å². The van der Waals surface area contributed by atoms with E-state index in [2.05, 4.69) is 27.5 Å². The number of rotatable bonds is 6. The number of pyridine rings is 1. The second kappa shape index (κ2) is 7.83. The molecule has 0 fully saturated rings. The maximum Gasteiger partial charge on any atom is 0.230 e. The van der Waals surface area contributed by atoms with Crippen LogP contribution in [0.4, 0.5) is 5.82 Å². The van der Waals surface area contributed by atoms with Crippen molar-refractivity contribution in [3.05, 3.63) is 90.4 Å². The molecule has 0 aliphatic rings. The summed E-state index contributed by atoms with van der Waals surface area (Å²) < 4.78 is 1.82. The van der Waals surface area contributed by atoms with Crippen LogP contribution in [-0.4, -0.2) is 20.7 Å². The fraction of sp³-hybridized carbons (Fsp3) is 0.136. The average molecular weight is 356 g/mol. The van der Waals surface area contributed by atoms with Gasteiger partial charge in [0.1, 0.15) is 0 Å². The van der Waals surface area contributed by atoms with Gasteiger partial charge in [-0.1, -0.05) is 48.5 Å². The Morgan fingerprint density at radius 1 is 0.963 bits per heavy atom. The van der Waals surface area contributed by atoms with Crippen molar-refractivity contribution in [3.8, 4) is 0 Å². The monoisotopic (exact) mass is 356 g/mol. The molecule has 0 bridgehead atoms. The van der Waals surface area contributed by atoms with Gasteiger partial charge in [0.15, 0.2) is 5.82 Å². The highest BCUT2D eigenvalue weighted by atomic mass is 16.1. The van der Waals surface area contributed by atoms with Crippen molar-refractivity contribution in [3.63, 3.8) is 0 Å². The van der Waals surface area contributed by atoms with Crippen LogP contribution < -0.4 is 5.32 Å². The van der Waals surface area contributed by atoms with Gasteiger partial charge < -0.3 is 5.32 Å². The molecule has 2 aromatic heterocycles. The second-order valence-corrected chi connectivity index (χ2v) is 6.40. The first kappa shape index (κ1) is 17.0. The Morgan fingerprint density at radius 2 is 1.81 bits per heavy atom. The van der Waals surface area contributed by atoms with E-state index in [0.29, 0.717) is 12.2 Å². The third-order valence-electron chi connectivity index (χ3n) is 4.46. The van der Waals surface area contributed by atoms with Crippen LogP contribution in [0.2, 0.25) is 0 Å². The van der Waals surface area contributed by atoms with Gasteiger partial charge in [-0.2, -0.15) is 5.10 Å². The van der Waals surface area contributed by atoms with Crippen molar-refractivity contribution in [2.24, 2.45) is 0 Å². The van der Waals surface area contributed by atoms with Crippen molar-refractivity contribution in [2.75, 3.05) is 5.32 Å². The zero-order valence-electron chi connectivity index (χ0n) is 14.9. The Kier molecular flexibility index (Phi) is 4.92. The molecule has 0 aliphatic heterocycles. The number of nitrogens with zero attached hydrogens (tertiary/aromatic N) is 3. The minimum atomic E-state index is -0.0682. The molecule has 2 aromatic carbocycles. The number of benzene rings is 2. The van der Waals surface area contributed by atoms with Crippen LogP contribution in [0.5, 0.6) is 0 Å². The van der Waals surface area contributed by atoms with Gasteiger partial charge in [-0.25, -0.2) is 0 Å². The molecule has 4 aromatic rings. The van der Waals surface area contributed by atoms with E-state index in [9.17, 15) is 4.79 Å². The van der Waals surface area contributed by atoms with E-state index in [4.69, 9.17) is 0 Å². The van der Waals surface area contributed by atoms with E-state index in [0.717, 1.165) is 35.0 Å². The van der Waals surface area contributed by atoms with Crippen LogP contribution >= 0.6 is 0 Å². The first-order valence-electron chi connectivity index (χ1n) is 8.98. The minimum absolute atomic E-state index is 0.0682. The van der Waals surface area contributed by atoms with E-state index >= 15 is 0 Å². The Labute approximate surface area is 157 Å². The molecule has 4 rings (SSSR count). The van der Waals surface area contributed by atoms with Crippen LogP contribution in [-0.2, 0) is 24.2 Å². The van der Waals surface area contributed by atoms with Crippen molar-refractivity contribution >= 4 is 22.5 Å². The highest BCUT2D eigenvalue weighted by Crippen LogP contribution is 2.19. The molecule has 0 saturated carbocycles. The lowest BCUT2D eigenvalue weighted by Crippen LogP contribution is -2.15. The number of aryl methyl sites for hydroxylation is 2. The fourth-order valence-corrected chi connectivity index (χ4v) is 3.13. The summed E-state index contributed by atoms with van der Waals surface area (Å²) in [5.74, 6) is 0.502. The first-order valence-corrected chi connectivity index (χ1v) is 8.98. The molecule has 5 heteroatoms. The number of fused-ring (bicyclic) bond motifs is 1. The molecule has 5 nitrogen and oxygen atoms in total. The van der Waals surface area contributed by atoms with Crippen LogP contribution in [0.15, 0.2) is 79.1 Å². The topological polar surface area (TPSA) is 59.8 Å². The molecule has 0 radical (unpaired) electrons. The van der Waals surface area contributed by atoms with Crippen LogP contribution in [0.25, 0.3) is 10.8 Å². The predicted octanol–water partition coefficient (Wildman–Crippen LogP) is 3.86. The number of carbonyl (C=O) groups excluding carboxylic acids is 1. The molecule has 0 spiro atoms. The number of amides is 1. The predicted molar refractivity (Wildman–Crippen MR) is 106 cm³/mol. The third-order valence-corrected chi connectivity index (χ3v) is 4.46. The summed E-state index contributed by atoms with van der Waals surface area (Å²) >= 11 is 0. The van der Waals surface area contributed by atoms with E-state index in [1.54, 1.807) is 6.20 Å². The number of nitrogens with one attached hydrogen (secondary N) is 1. The van der Waals surface area contributed by atoms with Gasteiger partial charge in [0.25, 0.3) is 0 Å². The van der Waals surface area contributed by atoms with Gasteiger partial charge in [-0.15, -0.1) is 0 Å². The zero-order valence-corrected chi connectivity index (χ0v) is 14.9. The lowest BCUT2D eigenvalue weighted by atomic mass is 10.0. The average Bonchev–Trinajstić information content (AvgIpc) is 3.15. The van der Waals surface area contributed by atoms with E-state index < -0.39 is 0 Å². The number of hydrogen-bond donors (Lipinski definition) is 1. The summed E-state index contributed by atoms with van der Waals surface area (Å²) in [5, 5.41) is 9.56. The fourth-order valence-electron chi connectivity index (χ4n) is 3.13. The minimum Gasteiger partial charge on any atom is -0.309 e. The quantitative estimate of drug-likeness (QED) is 0.571. The third kappa shape index (κ3) is 4.20. The molecule has 0 saturated heterocycles. The Morgan fingerprint density at radius 3 is 2.70 bits per heavy atom. The summed E-state index contributed by atoms with van der Waals surface area (Å²) in [4.78, 5) is 16.8. The van der Waals surface area contributed by atoms with Gasteiger partial charge in [0, 0.05) is 37.1 Å². The van der Waals surface area contributed by atoms with Crippen LogP contribution in [0, 0.1) is 0 Å². The molecule has 0 atom stereocenters. The summed E-state index contributed by atoms with van der Waals surface area (Å²) in [6.45, 7) is 0.718. The summed E-state index contributed by atoms with van der Waals surface area (Å²) in [6.07, 6.45) is 4.78. The highest BCUT2D eigenvalue weighted by Gasteiger charge is 2.09. The van der Waals surface area contributed by atoms with Gasteiger partial charge in [-0.05, 0) is 28.5 Å². The van der Waals surface area contributed by atoms with Gasteiger partial charge in [0.2, 0.25) is 5.91 Å². The molecule has 27 heavy (non-hydrogen) atoms. The number of carbonyl (C=O) groups is 1. The lowest BCUT2D eigenvalue weighted by molar-refractivity contribution is -0.115. The van der Waals surface area contributed by atoms with Crippen LogP contribution in [0.1, 0.15) is 11.3 Å². The van der Waals surface area contributed by atoms with Crippen LogP contribution in [0.3, 0.4) is 0 Å². The SMILES string of the molecule is O=C(Cc1cccc2ccccc12)Nc1ccn(CCc2ccccn2)n1. The Bertz CT molecular complexity index is 1050. The van der Waals surface area contributed by atoms with Gasteiger partial charge in [-0.3, -0.25) is 14.5 Å². The van der Waals surface area contributed by atoms with E-state index in [1.165, 1.54) is 0 Å². The number of anilines is 1. The summed E-state index contributed by atoms with van der Waals surface area (Å²) in [6, 6.07) is 21.8. The maximum atomic E-state index is 12.4. The molecular weight excluding hydrogens is 336 g/mol. The number of hydrogen-bond acceptors (Lipinski definition) is 3. The number of aromatic nitrogens is 3. The second-order valence-electron chi connectivity index (χ2n) is 6.40. The summed E-state index contributed by atoms with van der Waals surface area (Å²) in [7, 11) is 0. The first-order chi connectivity index (χ1) is 13.3. The Balaban J connectivity index is 1.38. The maximum absolute atomic E-state index is 12.4. The van der Waals surface area contributed by atoms with Crippen molar-refractivity contribution in [1.29, 1.82) is 0 Å². The zero-order chi connectivity index (χ0) is 18.5. The van der Waals surface area contributed by atoms with E-state index in [1.807, 2.05) is 65.5 Å². The lowest BCUT2D eigenvalue weighted by Gasteiger charge is -2.06. The standard InChI is InChI=1S/C22H20N4O/c27-22(16-18-8-5-7-17-6-1-2-10-20(17)18)24-21-12-15-26(25-21)14-11-19-9-3-4-13-23-19/h1-10,12-13,15H,11,14,16H2,(H,24,25,27). The molecule has 0 aliphatic carbocycles. The molecule has 1 N–H and O–H groups in total. The van der Waals surface area contributed by atoms with Crippen molar-refractivity contribution in [2.45, 2.75) is 19.4 Å². The molecular formula is C22H20N4O. The van der Waals surface area contributed by atoms with Gasteiger partial charge in [0.05, 0.1) is 6.42 Å². The molecule has 0 unspecified atom stereocenters. The smallest absolute Gasteiger partial charge is 0.230 e. The largest absolute Gasteiger partial charge is 0.309 e. The van der Waals surface area contributed by atoms with Gasteiger partial charge >= 0.3 is 0 Å². The summed E-state index contributed by atoms with van der Waals surface area (Å²) in [5.41, 5.74) is 2.04. The van der Waals surface area contributed by atoms with Crippen molar-refractivity contribution < 1.29 is 4.79 Å². The molecule has 2 heterocycles.